The molecule has 0 N–H and O–H groups in total. The molecule has 0 saturated heterocycles. The van der Waals surface area contributed by atoms with Crippen molar-refractivity contribution in [1.82, 2.24) is 19.5 Å². The first-order chi connectivity index (χ1) is 21.8. The minimum atomic E-state index is 0.608. The number of nitrogens with zero attached hydrogens (tertiary/aromatic N) is 4. The Morgan fingerprint density at radius 1 is 0.409 bits per heavy atom. The molecule has 6 aromatic carbocycles. The molecule has 0 saturated carbocycles. The number of thiophene rings is 1. The van der Waals surface area contributed by atoms with Crippen LogP contribution < -0.4 is 0 Å². The van der Waals surface area contributed by atoms with E-state index in [1.165, 1.54) is 42.1 Å². The molecule has 3 aromatic heterocycles. The third kappa shape index (κ3) is 3.87. The monoisotopic (exact) mass is 580 g/mol. The molecule has 9 rings (SSSR count). The highest BCUT2D eigenvalue weighted by Crippen LogP contribution is 2.45. The highest BCUT2D eigenvalue weighted by molar-refractivity contribution is 7.27. The number of aromatic nitrogens is 4. The van der Waals surface area contributed by atoms with Gasteiger partial charge in [-0.2, -0.15) is 9.97 Å². The highest BCUT2D eigenvalue weighted by atomic mass is 32.1. The van der Waals surface area contributed by atoms with Gasteiger partial charge in [-0.1, -0.05) is 140 Å². The molecule has 0 aliphatic rings. The van der Waals surface area contributed by atoms with Gasteiger partial charge in [-0.3, -0.25) is 4.57 Å². The number of rotatable bonds is 4. The van der Waals surface area contributed by atoms with Crippen LogP contribution in [-0.2, 0) is 0 Å². The predicted molar refractivity (Wildman–Crippen MR) is 183 cm³/mol. The van der Waals surface area contributed by atoms with E-state index in [0.29, 0.717) is 17.6 Å². The molecular weight excluding hydrogens is 557 g/mol. The Kier molecular flexibility index (Phi) is 5.64. The smallest absolute Gasteiger partial charge is 0.238 e. The van der Waals surface area contributed by atoms with Crippen molar-refractivity contribution in [3.05, 3.63) is 146 Å². The van der Waals surface area contributed by atoms with Crippen molar-refractivity contribution < 1.29 is 0 Å². The van der Waals surface area contributed by atoms with E-state index in [-0.39, 0.29) is 0 Å². The zero-order valence-electron chi connectivity index (χ0n) is 23.6. The van der Waals surface area contributed by atoms with Gasteiger partial charge in [0.15, 0.2) is 11.6 Å². The van der Waals surface area contributed by atoms with Crippen LogP contribution in [0.2, 0.25) is 0 Å². The molecule has 0 spiro atoms. The molecule has 44 heavy (non-hydrogen) atoms. The molecule has 3 heterocycles. The van der Waals surface area contributed by atoms with Crippen molar-refractivity contribution in [2.45, 2.75) is 0 Å². The summed E-state index contributed by atoms with van der Waals surface area (Å²) in [6.45, 7) is 0. The summed E-state index contributed by atoms with van der Waals surface area (Å²) in [7, 11) is 0. The van der Waals surface area contributed by atoms with Gasteiger partial charge < -0.3 is 0 Å². The van der Waals surface area contributed by atoms with Crippen molar-refractivity contribution in [3.8, 4) is 39.9 Å². The van der Waals surface area contributed by atoms with E-state index in [0.717, 1.165) is 22.2 Å². The Labute approximate surface area is 257 Å². The Bertz CT molecular complexity index is 2420. The van der Waals surface area contributed by atoms with E-state index in [1.807, 2.05) is 47.7 Å². The average molecular weight is 581 g/mol. The Hall–Kier alpha value is -5.65. The summed E-state index contributed by atoms with van der Waals surface area (Å²) in [5.41, 5.74) is 6.56. The summed E-state index contributed by atoms with van der Waals surface area (Å²) in [6, 6.07) is 50.7. The third-order valence-electron chi connectivity index (χ3n) is 8.27. The number of hydrogen-bond donors (Lipinski definition) is 0. The molecular formula is C39H24N4S. The normalized spacial score (nSPS) is 11.6. The molecule has 0 bridgehead atoms. The maximum Gasteiger partial charge on any atom is 0.238 e. The molecule has 5 heteroatoms. The molecule has 0 atom stereocenters. The summed E-state index contributed by atoms with van der Waals surface area (Å²) in [4.78, 5) is 15.2. The van der Waals surface area contributed by atoms with Crippen LogP contribution in [0.25, 0.3) is 81.8 Å². The van der Waals surface area contributed by atoms with Crippen LogP contribution in [-0.4, -0.2) is 19.5 Å². The standard InChI is InChI=1S/C39H24N4S/c1-4-13-25(14-5-1)28-20-12-21-31-32-24-23-30-29-19-10-11-22-33(29)43(34(30)36(32)44-35(28)31)39-41-37(26-15-6-2-7-16-26)40-38(42-39)27-17-8-3-9-18-27/h1-24H. The van der Waals surface area contributed by atoms with Crippen LogP contribution in [0.1, 0.15) is 0 Å². The van der Waals surface area contributed by atoms with Gasteiger partial charge in [-0.05, 0) is 17.2 Å². The lowest BCUT2D eigenvalue weighted by Gasteiger charge is -2.11. The van der Waals surface area contributed by atoms with Gasteiger partial charge in [0, 0.05) is 37.4 Å². The minimum Gasteiger partial charge on any atom is -0.276 e. The Balaban J connectivity index is 1.41. The van der Waals surface area contributed by atoms with Gasteiger partial charge in [0.1, 0.15) is 0 Å². The molecule has 206 valence electrons. The van der Waals surface area contributed by atoms with Gasteiger partial charge in [0.2, 0.25) is 5.95 Å². The van der Waals surface area contributed by atoms with Gasteiger partial charge in [0.05, 0.1) is 15.7 Å². The summed E-state index contributed by atoms with van der Waals surface area (Å²) in [5, 5.41) is 4.85. The first kappa shape index (κ1) is 24.9. The fourth-order valence-corrected chi connectivity index (χ4v) is 7.63. The molecule has 0 unspecified atom stereocenters. The second-order valence-electron chi connectivity index (χ2n) is 10.9. The van der Waals surface area contributed by atoms with Crippen LogP contribution >= 0.6 is 11.3 Å². The molecule has 0 radical (unpaired) electrons. The SMILES string of the molecule is c1ccc(-c2nc(-c3ccccc3)nc(-n3c4ccccc4c4ccc5c6cccc(-c7ccccc7)c6sc5c43)n2)cc1. The number of para-hydroxylation sites is 1. The third-order valence-corrected chi connectivity index (χ3v) is 9.53. The zero-order chi connectivity index (χ0) is 29.0. The topological polar surface area (TPSA) is 43.6 Å². The fourth-order valence-electron chi connectivity index (χ4n) is 6.25. The van der Waals surface area contributed by atoms with Crippen molar-refractivity contribution in [2.24, 2.45) is 0 Å². The van der Waals surface area contributed by atoms with Crippen molar-refractivity contribution in [1.29, 1.82) is 0 Å². The van der Waals surface area contributed by atoms with E-state index in [4.69, 9.17) is 15.0 Å². The predicted octanol–water partition coefficient (Wildman–Crippen LogP) is 10.3. The summed E-state index contributed by atoms with van der Waals surface area (Å²) >= 11 is 1.85. The van der Waals surface area contributed by atoms with Crippen LogP contribution in [0.4, 0.5) is 0 Å². The maximum absolute atomic E-state index is 5.14. The first-order valence-corrected chi connectivity index (χ1v) is 15.5. The van der Waals surface area contributed by atoms with Crippen LogP contribution in [0.15, 0.2) is 146 Å². The van der Waals surface area contributed by atoms with Gasteiger partial charge >= 0.3 is 0 Å². The summed E-state index contributed by atoms with van der Waals surface area (Å²) in [6.07, 6.45) is 0. The van der Waals surface area contributed by atoms with Crippen molar-refractivity contribution >= 4 is 53.3 Å². The van der Waals surface area contributed by atoms with Crippen molar-refractivity contribution in [2.75, 3.05) is 0 Å². The largest absolute Gasteiger partial charge is 0.276 e. The van der Waals surface area contributed by atoms with E-state index < -0.39 is 0 Å². The first-order valence-electron chi connectivity index (χ1n) is 14.6. The zero-order valence-corrected chi connectivity index (χ0v) is 24.4. The average Bonchev–Trinajstić information content (AvgIpc) is 3.65. The van der Waals surface area contributed by atoms with Crippen molar-refractivity contribution in [3.63, 3.8) is 0 Å². The van der Waals surface area contributed by atoms with Gasteiger partial charge in [0.25, 0.3) is 0 Å². The van der Waals surface area contributed by atoms with Crippen LogP contribution in [0, 0.1) is 0 Å². The molecule has 9 aromatic rings. The van der Waals surface area contributed by atoms with Gasteiger partial charge in [-0.15, -0.1) is 11.3 Å². The lowest BCUT2D eigenvalue weighted by molar-refractivity contribution is 0.955. The maximum atomic E-state index is 5.14. The number of hydrogen-bond acceptors (Lipinski definition) is 4. The highest BCUT2D eigenvalue weighted by Gasteiger charge is 2.21. The Morgan fingerprint density at radius 3 is 1.64 bits per heavy atom. The lowest BCUT2D eigenvalue weighted by atomic mass is 10.0. The van der Waals surface area contributed by atoms with E-state index in [9.17, 15) is 0 Å². The quantitative estimate of drug-likeness (QED) is 0.208. The summed E-state index contributed by atoms with van der Waals surface area (Å²) < 4.78 is 4.74. The molecule has 0 fully saturated rings. The second-order valence-corrected chi connectivity index (χ2v) is 11.9. The van der Waals surface area contributed by atoms with E-state index >= 15 is 0 Å². The number of benzene rings is 6. The minimum absolute atomic E-state index is 0.608. The molecule has 0 aliphatic heterocycles. The molecule has 4 nitrogen and oxygen atoms in total. The fraction of sp³-hybridized carbons (Fsp3) is 0. The number of fused-ring (bicyclic) bond motifs is 7. The Morgan fingerprint density at radius 2 is 0.955 bits per heavy atom. The van der Waals surface area contributed by atoms with Crippen LogP contribution in [0.3, 0.4) is 0 Å². The summed E-state index contributed by atoms with van der Waals surface area (Å²) in [5.74, 6) is 1.91. The lowest BCUT2D eigenvalue weighted by Crippen LogP contribution is -2.06. The van der Waals surface area contributed by atoms with Gasteiger partial charge in [-0.25, -0.2) is 4.98 Å². The van der Waals surface area contributed by atoms with E-state index in [1.54, 1.807) is 0 Å². The molecule has 0 amide bonds. The van der Waals surface area contributed by atoms with Crippen LogP contribution in [0.5, 0.6) is 0 Å². The second kappa shape index (κ2) is 9.97. The molecule has 0 aliphatic carbocycles. The van der Waals surface area contributed by atoms with E-state index in [2.05, 4.69) is 114 Å².